The molecule has 5 rings (SSSR count). The van der Waals surface area contributed by atoms with Gasteiger partial charge < -0.3 is 14.5 Å². The molecule has 182 valence electrons. The van der Waals surface area contributed by atoms with Crippen molar-refractivity contribution in [1.82, 2.24) is 14.8 Å². The quantitative estimate of drug-likeness (QED) is 0.516. The average molecular weight is 471 g/mol. The number of pyridine rings is 1. The summed E-state index contributed by atoms with van der Waals surface area (Å²) in [7, 11) is 0. The molecule has 0 bridgehead atoms. The standard InChI is InChI=1S/C29H34N4O2/c1-22-8-10-24(11-9-22)20-32-15-14-27(29(32)34)33-17-16-31(19-23(33)2)28-13-12-26(18-30-28)35-21-25-6-4-3-5-7-25/h3-13,18,23,27H,14-17,19-21H2,1-2H3/t23?,27-/m1/s1. The van der Waals surface area contributed by atoms with E-state index in [1.807, 2.05) is 35.2 Å². The van der Waals surface area contributed by atoms with E-state index in [-0.39, 0.29) is 18.0 Å². The summed E-state index contributed by atoms with van der Waals surface area (Å²) in [4.78, 5) is 24.6. The summed E-state index contributed by atoms with van der Waals surface area (Å²) in [5, 5.41) is 0. The number of piperazine rings is 1. The first-order valence-electron chi connectivity index (χ1n) is 12.5. The SMILES string of the molecule is Cc1ccc(CN2CC[C@@H](N3CCN(c4ccc(OCc5ccccc5)cn4)CC3C)C2=O)cc1. The number of ether oxygens (including phenoxy) is 1. The number of carbonyl (C=O) groups excluding carboxylic acids is 1. The highest BCUT2D eigenvalue weighted by molar-refractivity contribution is 5.84. The number of nitrogens with zero attached hydrogens (tertiary/aromatic N) is 4. The minimum absolute atomic E-state index is 0.0145. The summed E-state index contributed by atoms with van der Waals surface area (Å²) in [5.74, 6) is 2.00. The van der Waals surface area contributed by atoms with Gasteiger partial charge in [-0.15, -0.1) is 0 Å². The third-order valence-corrected chi connectivity index (χ3v) is 7.14. The van der Waals surface area contributed by atoms with Crippen molar-refractivity contribution in [3.05, 3.63) is 89.6 Å². The Morgan fingerprint density at radius 1 is 0.943 bits per heavy atom. The van der Waals surface area contributed by atoms with Crippen molar-refractivity contribution in [2.75, 3.05) is 31.1 Å². The van der Waals surface area contributed by atoms with E-state index in [1.165, 1.54) is 11.1 Å². The van der Waals surface area contributed by atoms with Gasteiger partial charge in [-0.25, -0.2) is 4.98 Å². The molecule has 0 saturated carbocycles. The van der Waals surface area contributed by atoms with Crippen LogP contribution in [0, 0.1) is 6.92 Å². The average Bonchev–Trinajstić information content (AvgIpc) is 3.24. The first kappa shape index (κ1) is 23.4. The fourth-order valence-electron chi connectivity index (χ4n) is 5.13. The van der Waals surface area contributed by atoms with Crippen LogP contribution in [0.2, 0.25) is 0 Å². The van der Waals surface area contributed by atoms with Gasteiger partial charge in [-0.3, -0.25) is 9.69 Å². The van der Waals surface area contributed by atoms with Gasteiger partial charge in [0.1, 0.15) is 18.2 Å². The van der Waals surface area contributed by atoms with Crippen molar-refractivity contribution in [3.8, 4) is 5.75 Å². The Kier molecular flexibility index (Phi) is 7.00. The van der Waals surface area contributed by atoms with Crippen molar-refractivity contribution in [1.29, 1.82) is 0 Å². The van der Waals surface area contributed by atoms with Gasteiger partial charge in [0.2, 0.25) is 5.91 Å². The number of aryl methyl sites for hydroxylation is 1. The van der Waals surface area contributed by atoms with Gasteiger partial charge in [0.15, 0.2) is 0 Å². The Morgan fingerprint density at radius 2 is 1.74 bits per heavy atom. The number of aromatic nitrogens is 1. The third-order valence-electron chi connectivity index (χ3n) is 7.14. The van der Waals surface area contributed by atoms with Gasteiger partial charge in [-0.1, -0.05) is 60.2 Å². The Balaban J connectivity index is 1.14. The number of likely N-dealkylation sites (tertiary alicyclic amines) is 1. The van der Waals surface area contributed by atoms with Crippen LogP contribution in [0.25, 0.3) is 0 Å². The van der Waals surface area contributed by atoms with Gasteiger partial charge >= 0.3 is 0 Å². The molecule has 1 aromatic heterocycles. The van der Waals surface area contributed by atoms with Crippen molar-refractivity contribution in [2.24, 2.45) is 0 Å². The Labute approximate surface area is 208 Å². The zero-order valence-corrected chi connectivity index (χ0v) is 20.6. The van der Waals surface area contributed by atoms with E-state index in [9.17, 15) is 4.79 Å². The molecule has 6 heteroatoms. The van der Waals surface area contributed by atoms with Crippen LogP contribution in [-0.2, 0) is 17.9 Å². The Bertz CT molecular complexity index is 1120. The molecule has 2 fully saturated rings. The summed E-state index contributed by atoms with van der Waals surface area (Å²) in [6.07, 6.45) is 2.71. The van der Waals surface area contributed by atoms with E-state index < -0.39 is 0 Å². The van der Waals surface area contributed by atoms with Gasteiger partial charge in [0, 0.05) is 38.8 Å². The molecule has 1 amide bonds. The summed E-state index contributed by atoms with van der Waals surface area (Å²) in [6, 6.07) is 22.9. The maximum absolute atomic E-state index is 13.2. The lowest BCUT2D eigenvalue weighted by Gasteiger charge is -2.42. The predicted octanol–water partition coefficient (Wildman–Crippen LogP) is 4.28. The molecule has 2 aliphatic heterocycles. The molecule has 2 saturated heterocycles. The molecule has 2 aromatic carbocycles. The molecule has 0 spiro atoms. The molecule has 2 atom stereocenters. The summed E-state index contributed by atoms with van der Waals surface area (Å²) < 4.78 is 5.88. The molecule has 35 heavy (non-hydrogen) atoms. The first-order valence-corrected chi connectivity index (χ1v) is 12.5. The second kappa shape index (κ2) is 10.5. The third kappa shape index (κ3) is 5.49. The minimum atomic E-state index is -0.0145. The van der Waals surface area contributed by atoms with Crippen LogP contribution in [0.3, 0.4) is 0 Å². The molecule has 2 aliphatic rings. The molecule has 0 aliphatic carbocycles. The molecule has 0 N–H and O–H groups in total. The zero-order chi connectivity index (χ0) is 24.2. The lowest BCUT2D eigenvalue weighted by molar-refractivity contribution is -0.133. The van der Waals surface area contributed by atoms with E-state index in [0.717, 1.165) is 49.7 Å². The van der Waals surface area contributed by atoms with E-state index in [0.29, 0.717) is 13.2 Å². The highest BCUT2D eigenvalue weighted by Crippen LogP contribution is 2.26. The van der Waals surface area contributed by atoms with Crippen molar-refractivity contribution in [3.63, 3.8) is 0 Å². The molecule has 1 unspecified atom stereocenters. The molecule has 6 nitrogen and oxygen atoms in total. The largest absolute Gasteiger partial charge is 0.487 e. The van der Waals surface area contributed by atoms with Crippen molar-refractivity contribution < 1.29 is 9.53 Å². The monoisotopic (exact) mass is 470 g/mol. The number of amides is 1. The van der Waals surface area contributed by atoms with E-state index in [4.69, 9.17) is 4.74 Å². The van der Waals surface area contributed by atoms with Crippen LogP contribution < -0.4 is 9.64 Å². The second-order valence-electron chi connectivity index (χ2n) is 9.71. The van der Waals surface area contributed by atoms with E-state index in [2.05, 4.69) is 65.0 Å². The van der Waals surface area contributed by atoms with Gasteiger partial charge in [-0.2, -0.15) is 0 Å². The number of rotatable bonds is 7. The lowest BCUT2D eigenvalue weighted by atomic mass is 10.1. The van der Waals surface area contributed by atoms with Crippen LogP contribution >= 0.6 is 0 Å². The Morgan fingerprint density at radius 3 is 2.46 bits per heavy atom. The van der Waals surface area contributed by atoms with E-state index in [1.54, 1.807) is 6.20 Å². The maximum Gasteiger partial charge on any atom is 0.240 e. The highest BCUT2D eigenvalue weighted by Gasteiger charge is 2.39. The molecular formula is C29H34N4O2. The van der Waals surface area contributed by atoms with Gasteiger partial charge in [0.25, 0.3) is 0 Å². The smallest absolute Gasteiger partial charge is 0.240 e. The molecular weight excluding hydrogens is 436 g/mol. The van der Waals surface area contributed by atoms with Crippen LogP contribution in [0.1, 0.15) is 30.0 Å². The highest BCUT2D eigenvalue weighted by atomic mass is 16.5. The summed E-state index contributed by atoms with van der Waals surface area (Å²) >= 11 is 0. The van der Waals surface area contributed by atoms with Gasteiger partial charge in [-0.05, 0) is 43.5 Å². The fourth-order valence-corrected chi connectivity index (χ4v) is 5.13. The number of anilines is 1. The van der Waals surface area contributed by atoms with Crippen molar-refractivity contribution in [2.45, 2.75) is 45.5 Å². The Hall–Kier alpha value is -3.38. The van der Waals surface area contributed by atoms with Crippen LogP contribution in [0.5, 0.6) is 5.75 Å². The van der Waals surface area contributed by atoms with E-state index >= 15 is 0 Å². The van der Waals surface area contributed by atoms with Gasteiger partial charge in [0.05, 0.1) is 12.2 Å². The number of hydrogen-bond donors (Lipinski definition) is 0. The van der Waals surface area contributed by atoms with Crippen LogP contribution in [0.4, 0.5) is 5.82 Å². The topological polar surface area (TPSA) is 48.9 Å². The summed E-state index contributed by atoms with van der Waals surface area (Å²) in [5.41, 5.74) is 3.58. The first-order chi connectivity index (χ1) is 17.1. The fraction of sp³-hybridized carbons (Fsp3) is 0.379. The second-order valence-corrected chi connectivity index (χ2v) is 9.71. The number of benzene rings is 2. The number of hydrogen-bond acceptors (Lipinski definition) is 5. The minimum Gasteiger partial charge on any atom is -0.487 e. The molecule has 3 heterocycles. The molecule has 0 radical (unpaired) electrons. The predicted molar refractivity (Wildman–Crippen MR) is 138 cm³/mol. The lowest BCUT2D eigenvalue weighted by Crippen LogP contribution is -2.57. The normalized spacial score (nSPS) is 20.9. The summed E-state index contributed by atoms with van der Waals surface area (Å²) in [6.45, 7) is 8.97. The van der Waals surface area contributed by atoms with Crippen LogP contribution in [-0.4, -0.2) is 59.0 Å². The molecule has 3 aromatic rings. The van der Waals surface area contributed by atoms with Crippen molar-refractivity contribution >= 4 is 11.7 Å². The van der Waals surface area contributed by atoms with Crippen LogP contribution in [0.15, 0.2) is 72.9 Å². The number of carbonyl (C=O) groups is 1. The zero-order valence-electron chi connectivity index (χ0n) is 20.6. The maximum atomic E-state index is 13.2.